The summed E-state index contributed by atoms with van der Waals surface area (Å²) < 4.78 is 1.12. The molecule has 1 unspecified atom stereocenters. The van der Waals surface area contributed by atoms with Gasteiger partial charge in [0.25, 0.3) is 0 Å². The quantitative estimate of drug-likeness (QED) is 0.761. The number of hydrogen-bond donors (Lipinski definition) is 2. The highest BCUT2D eigenvalue weighted by Crippen LogP contribution is 2.24. The fourth-order valence-electron chi connectivity index (χ4n) is 1.52. The summed E-state index contributed by atoms with van der Waals surface area (Å²) in [4.78, 5) is 25.6. The molecule has 2 N–H and O–H groups in total. The van der Waals surface area contributed by atoms with Gasteiger partial charge >= 0.3 is 5.97 Å². The molecule has 2 rings (SSSR count). The highest BCUT2D eigenvalue weighted by Gasteiger charge is 2.16. The van der Waals surface area contributed by atoms with E-state index in [1.807, 2.05) is 24.3 Å². The number of hydrogen-bond acceptors (Lipinski definition) is 5. The average molecular weight is 296 g/mol. The lowest BCUT2D eigenvalue weighted by Gasteiger charge is -2.09. The Morgan fingerprint density at radius 2 is 2.32 bits per heavy atom. The zero-order valence-electron chi connectivity index (χ0n) is 9.91. The number of fused-ring (bicyclic) bond motifs is 1. The minimum Gasteiger partial charge on any atom is -0.480 e. The number of nitrogens with one attached hydrogen (secondary N) is 1. The largest absolute Gasteiger partial charge is 0.480 e. The van der Waals surface area contributed by atoms with Gasteiger partial charge in [-0.1, -0.05) is 12.1 Å². The van der Waals surface area contributed by atoms with Gasteiger partial charge in [0.15, 0.2) is 0 Å². The molecule has 1 heterocycles. The molecule has 5 nitrogen and oxygen atoms in total. The zero-order valence-corrected chi connectivity index (χ0v) is 11.5. The predicted octanol–water partition coefficient (Wildman–Crippen LogP) is 1.73. The van der Waals surface area contributed by atoms with Gasteiger partial charge in [0.1, 0.15) is 11.0 Å². The van der Waals surface area contributed by atoms with Gasteiger partial charge in [-0.3, -0.25) is 4.79 Å². The topological polar surface area (TPSA) is 79.3 Å². The summed E-state index contributed by atoms with van der Waals surface area (Å²) in [5, 5.41) is 12.1. The number of nitrogens with zero attached hydrogens (tertiary/aromatic N) is 1. The van der Waals surface area contributed by atoms with Crippen molar-refractivity contribution in [1.29, 1.82) is 0 Å². The Morgan fingerprint density at radius 3 is 3.00 bits per heavy atom. The number of rotatable bonds is 7. The summed E-state index contributed by atoms with van der Waals surface area (Å²) in [6.07, 6.45) is 0.414. The molecule has 2 aromatic rings. The first kappa shape index (κ1) is 13.8. The second-order valence-electron chi connectivity index (χ2n) is 3.77. The molecule has 0 saturated carbocycles. The minimum atomic E-state index is -1.02. The van der Waals surface area contributed by atoms with Crippen molar-refractivity contribution in [3.8, 4) is 0 Å². The van der Waals surface area contributed by atoms with Crippen LogP contribution in [0, 0.1) is 0 Å². The smallest absolute Gasteiger partial charge is 0.327 e. The van der Waals surface area contributed by atoms with E-state index in [4.69, 9.17) is 5.11 Å². The van der Waals surface area contributed by atoms with Crippen LogP contribution in [0.1, 0.15) is 5.01 Å². The molecular weight excluding hydrogens is 284 g/mol. The monoisotopic (exact) mass is 296 g/mol. The molecular formula is C12H12N2O3S2. The maximum atomic E-state index is 10.8. The van der Waals surface area contributed by atoms with Gasteiger partial charge in [0, 0.05) is 11.5 Å². The molecule has 1 aromatic carbocycles. The van der Waals surface area contributed by atoms with E-state index in [0.717, 1.165) is 15.2 Å². The van der Waals surface area contributed by atoms with Gasteiger partial charge in [-0.05, 0) is 12.1 Å². The Balaban J connectivity index is 1.91. The summed E-state index contributed by atoms with van der Waals surface area (Å²) >= 11 is 3.05. The van der Waals surface area contributed by atoms with Gasteiger partial charge in [-0.2, -0.15) is 11.8 Å². The number of amides is 1. The molecule has 100 valence electrons. The van der Waals surface area contributed by atoms with Crippen LogP contribution in [-0.2, 0) is 15.3 Å². The van der Waals surface area contributed by atoms with Crippen LogP contribution in [0.4, 0.5) is 0 Å². The number of aliphatic carboxylic acids is 1. The van der Waals surface area contributed by atoms with E-state index < -0.39 is 12.0 Å². The predicted molar refractivity (Wildman–Crippen MR) is 76.4 cm³/mol. The third kappa shape index (κ3) is 3.68. The standard InChI is InChI=1S/C12H12N2O3S2/c15-7-13-9(12(16)17)5-18-6-11-14-8-3-1-2-4-10(8)19-11/h1-4,7,9H,5-6H2,(H,13,15)(H,16,17). The maximum Gasteiger partial charge on any atom is 0.327 e. The van der Waals surface area contributed by atoms with E-state index in [1.54, 1.807) is 11.3 Å². The fraction of sp³-hybridized carbons (Fsp3) is 0.250. The van der Waals surface area contributed by atoms with E-state index >= 15 is 0 Å². The number of thioether (sulfide) groups is 1. The molecule has 7 heteroatoms. The number of benzene rings is 1. The number of carbonyl (C=O) groups is 2. The molecule has 0 saturated heterocycles. The molecule has 0 aliphatic rings. The Morgan fingerprint density at radius 1 is 1.53 bits per heavy atom. The van der Waals surface area contributed by atoms with E-state index in [0.29, 0.717) is 17.9 Å². The lowest BCUT2D eigenvalue weighted by Crippen LogP contribution is -2.37. The van der Waals surface area contributed by atoms with Crippen molar-refractivity contribution in [2.24, 2.45) is 0 Å². The summed E-state index contributed by atoms with van der Waals surface area (Å²) in [6, 6.07) is 7.01. The molecule has 1 amide bonds. The summed E-state index contributed by atoms with van der Waals surface area (Å²) in [7, 11) is 0. The molecule has 0 radical (unpaired) electrons. The summed E-state index contributed by atoms with van der Waals surface area (Å²) in [5.41, 5.74) is 0.962. The molecule has 0 fully saturated rings. The number of para-hydroxylation sites is 1. The van der Waals surface area contributed by atoms with Crippen molar-refractivity contribution in [1.82, 2.24) is 10.3 Å². The van der Waals surface area contributed by atoms with Gasteiger partial charge in [-0.25, -0.2) is 9.78 Å². The SMILES string of the molecule is O=CNC(CSCc1nc2ccccc2s1)C(=O)O. The maximum absolute atomic E-state index is 10.8. The van der Waals surface area contributed by atoms with E-state index in [2.05, 4.69) is 10.3 Å². The van der Waals surface area contributed by atoms with Crippen molar-refractivity contribution in [3.63, 3.8) is 0 Å². The molecule has 1 atom stereocenters. The highest BCUT2D eigenvalue weighted by molar-refractivity contribution is 7.98. The fourth-order valence-corrected chi connectivity index (χ4v) is 3.60. The normalized spacial score (nSPS) is 12.2. The highest BCUT2D eigenvalue weighted by atomic mass is 32.2. The van der Waals surface area contributed by atoms with Crippen LogP contribution in [0.5, 0.6) is 0 Å². The van der Waals surface area contributed by atoms with Crippen LogP contribution >= 0.6 is 23.1 Å². The van der Waals surface area contributed by atoms with E-state index in [9.17, 15) is 9.59 Å². The van der Waals surface area contributed by atoms with Gasteiger partial charge in [0.2, 0.25) is 6.41 Å². The molecule has 19 heavy (non-hydrogen) atoms. The second-order valence-corrected chi connectivity index (χ2v) is 5.91. The van der Waals surface area contributed by atoms with Crippen molar-refractivity contribution in [2.45, 2.75) is 11.8 Å². The summed E-state index contributed by atoms with van der Waals surface area (Å²) in [5.74, 6) is -0.0582. The first-order chi connectivity index (χ1) is 9.20. The Kier molecular flexibility index (Phi) is 4.75. The molecule has 0 aliphatic heterocycles. The van der Waals surface area contributed by atoms with Gasteiger partial charge in [0.05, 0.1) is 10.2 Å². The third-order valence-electron chi connectivity index (χ3n) is 2.42. The average Bonchev–Trinajstić information content (AvgIpc) is 2.80. The first-order valence-corrected chi connectivity index (χ1v) is 7.52. The number of aromatic nitrogens is 1. The molecule has 0 spiro atoms. The van der Waals surface area contributed by atoms with Crippen molar-refractivity contribution in [3.05, 3.63) is 29.3 Å². The van der Waals surface area contributed by atoms with Gasteiger partial charge in [-0.15, -0.1) is 11.3 Å². The van der Waals surface area contributed by atoms with Crippen molar-refractivity contribution in [2.75, 3.05) is 5.75 Å². The van der Waals surface area contributed by atoms with Crippen LogP contribution in [-0.4, -0.2) is 34.3 Å². The third-order valence-corrected chi connectivity index (χ3v) is 4.68. The Labute approximate surface area is 118 Å². The van der Waals surface area contributed by atoms with Crippen LogP contribution in [0.15, 0.2) is 24.3 Å². The second kappa shape index (κ2) is 6.53. The number of carboxylic acids is 1. The first-order valence-electron chi connectivity index (χ1n) is 5.55. The van der Waals surface area contributed by atoms with Crippen LogP contribution in [0.2, 0.25) is 0 Å². The lowest BCUT2D eigenvalue weighted by atomic mass is 10.3. The van der Waals surface area contributed by atoms with E-state index in [1.165, 1.54) is 11.8 Å². The zero-order chi connectivity index (χ0) is 13.7. The number of carboxylic acid groups (broad SMARTS) is 1. The van der Waals surface area contributed by atoms with Crippen LogP contribution < -0.4 is 5.32 Å². The van der Waals surface area contributed by atoms with Crippen LogP contribution in [0.3, 0.4) is 0 Å². The van der Waals surface area contributed by atoms with Crippen LogP contribution in [0.25, 0.3) is 10.2 Å². The molecule has 0 aliphatic carbocycles. The number of carbonyl (C=O) groups excluding carboxylic acids is 1. The number of thiazole rings is 1. The van der Waals surface area contributed by atoms with Gasteiger partial charge < -0.3 is 10.4 Å². The molecule has 1 aromatic heterocycles. The Bertz CT molecular complexity index is 552. The van der Waals surface area contributed by atoms with Crippen molar-refractivity contribution < 1.29 is 14.7 Å². The minimum absolute atomic E-state index is 0.323. The lowest BCUT2D eigenvalue weighted by molar-refractivity contribution is -0.139. The van der Waals surface area contributed by atoms with Crippen molar-refractivity contribution >= 4 is 45.7 Å². The van der Waals surface area contributed by atoms with E-state index in [-0.39, 0.29) is 0 Å². The Hall–Kier alpha value is -1.60. The molecule has 0 bridgehead atoms. The summed E-state index contributed by atoms with van der Waals surface area (Å²) in [6.45, 7) is 0.